The monoisotopic (exact) mass is 258 g/mol. The molecule has 1 heterocycles. The molecule has 0 amide bonds. The summed E-state index contributed by atoms with van der Waals surface area (Å²) in [7, 11) is 1.61. The fourth-order valence-corrected chi connectivity index (χ4v) is 1.97. The zero-order valence-corrected chi connectivity index (χ0v) is 11.4. The molecule has 2 N–H and O–H groups in total. The molecule has 100 valence electrons. The molecule has 1 aromatic carbocycles. The molecule has 4 nitrogen and oxygen atoms in total. The van der Waals surface area contributed by atoms with E-state index in [0.29, 0.717) is 23.9 Å². The molecule has 0 bridgehead atoms. The molecule has 0 aliphatic rings. The van der Waals surface area contributed by atoms with Gasteiger partial charge in [0.05, 0.1) is 7.11 Å². The summed E-state index contributed by atoms with van der Waals surface area (Å²) in [6, 6.07) is 9.48. The minimum absolute atomic E-state index is 0.392. The molecule has 0 spiro atoms. The van der Waals surface area contributed by atoms with Crippen LogP contribution < -0.4 is 15.2 Å². The second-order valence-corrected chi connectivity index (χ2v) is 4.32. The lowest BCUT2D eigenvalue weighted by Gasteiger charge is -2.14. The predicted octanol–water partition coefficient (Wildman–Crippen LogP) is 2.96. The SMILES string of the molecule is COc1ccccc1Oc1nc(C)cc(C)c1CN. The molecule has 0 atom stereocenters. The number of hydrogen-bond acceptors (Lipinski definition) is 4. The molecule has 0 fully saturated rings. The average Bonchev–Trinajstić information content (AvgIpc) is 2.39. The van der Waals surface area contributed by atoms with Crippen LogP contribution in [0.1, 0.15) is 16.8 Å². The first-order valence-electron chi connectivity index (χ1n) is 6.13. The molecule has 0 saturated heterocycles. The third-order valence-corrected chi connectivity index (χ3v) is 2.92. The highest BCUT2D eigenvalue weighted by molar-refractivity contribution is 5.44. The van der Waals surface area contributed by atoms with Crippen molar-refractivity contribution in [3.8, 4) is 17.4 Å². The van der Waals surface area contributed by atoms with Crippen molar-refractivity contribution in [1.82, 2.24) is 4.98 Å². The van der Waals surface area contributed by atoms with Crippen LogP contribution in [0.5, 0.6) is 17.4 Å². The van der Waals surface area contributed by atoms with Gasteiger partial charge in [-0.25, -0.2) is 4.98 Å². The van der Waals surface area contributed by atoms with Crippen LogP contribution in [0.25, 0.3) is 0 Å². The van der Waals surface area contributed by atoms with E-state index < -0.39 is 0 Å². The van der Waals surface area contributed by atoms with Crippen molar-refractivity contribution in [2.24, 2.45) is 5.73 Å². The number of nitrogens with two attached hydrogens (primary N) is 1. The molecule has 1 aromatic heterocycles. The van der Waals surface area contributed by atoms with Gasteiger partial charge in [0, 0.05) is 17.8 Å². The Hall–Kier alpha value is -2.07. The van der Waals surface area contributed by atoms with Crippen LogP contribution in [-0.4, -0.2) is 12.1 Å². The van der Waals surface area contributed by atoms with Gasteiger partial charge in [-0.3, -0.25) is 0 Å². The molecule has 0 saturated carbocycles. The highest BCUT2D eigenvalue weighted by atomic mass is 16.5. The second kappa shape index (κ2) is 5.71. The van der Waals surface area contributed by atoms with E-state index in [1.807, 2.05) is 44.2 Å². The molecule has 0 aliphatic heterocycles. The molecular weight excluding hydrogens is 240 g/mol. The Kier molecular flexibility index (Phi) is 4.02. The van der Waals surface area contributed by atoms with E-state index in [9.17, 15) is 0 Å². The van der Waals surface area contributed by atoms with E-state index >= 15 is 0 Å². The summed E-state index contributed by atoms with van der Waals surface area (Å²) < 4.78 is 11.1. The molecule has 4 heteroatoms. The Morgan fingerprint density at radius 2 is 1.84 bits per heavy atom. The number of aryl methyl sites for hydroxylation is 2. The van der Waals surface area contributed by atoms with Gasteiger partial charge >= 0.3 is 0 Å². The highest BCUT2D eigenvalue weighted by Crippen LogP contribution is 2.32. The van der Waals surface area contributed by atoms with Gasteiger partial charge in [-0.1, -0.05) is 12.1 Å². The van der Waals surface area contributed by atoms with Gasteiger partial charge in [-0.15, -0.1) is 0 Å². The van der Waals surface area contributed by atoms with E-state index in [0.717, 1.165) is 16.8 Å². The van der Waals surface area contributed by atoms with Crippen LogP contribution >= 0.6 is 0 Å². The predicted molar refractivity (Wildman–Crippen MR) is 74.7 cm³/mol. The van der Waals surface area contributed by atoms with Crippen molar-refractivity contribution in [2.75, 3.05) is 7.11 Å². The van der Waals surface area contributed by atoms with Gasteiger partial charge in [0.2, 0.25) is 5.88 Å². The number of rotatable bonds is 4. The summed E-state index contributed by atoms with van der Waals surface area (Å²) in [5.41, 5.74) is 8.67. The quantitative estimate of drug-likeness (QED) is 0.916. The number of methoxy groups -OCH3 is 1. The summed E-state index contributed by atoms with van der Waals surface area (Å²) in [6.07, 6.45) is 0. The first-order chi connectivity index (χ1) is 9.15. The Bertz CT molecular complexity index is 582. The van der Waals surface area contributed by atoms with Gasteiger partial charge in [0.25, 0.3) is 0 Å². The fraction of sp³-hybridized carbons (Fsp3) is 0.267. The first-order valence-corrected chi connectivity index (χ1v) is 6.13. The Balaban J connectivity index is 2.43. The number of nitrogens with zero attached hydrogens (tertiary/aromatic N) is 1. The van der Waals surface area contributed by atoms with Crippen molar-refractivity contribution in [2.45, 2.75) is 20.4 Å². The van der Waals surface area contributed by atoms with Crippen molar-refractivity contribution in [3.63, 3.8) is 0 Å². The van der Waals surface area contributed by atoms with Crippen LogP contribution in [0, 0.1) is 13.8 Å². The van der Waals surface area contributed by atoms with Crippen LogP contribution in [0.4, 0.5) is 0 Å². The maximum atomic E-state index is 5.87. The van der Waals surface area contributed by atoms with E-state index in [4.69, 9.17) is 15.2 Å². The molecule has 2 rings (SSSR count). The molecule has 0 aliphatic carbocycles. The summed E-state index contributed by atoms with van der Waals surface area (Å²) in [5.74, 6) is 1.85. The molecule has 2 aromatic rings. The smallest absolute Gasteiger partial charge is 0.224 e. The summed E-state index contributed by atoms with van der Waals surface area (Å²) in [4.78, 5) is 4.42. The molecule has 0 unspecified atom stereocenters. The third kappa shape index (κ3) is 2.85. The largest absolute Gasteiger partial charge is 0.493 e. The molecule has 19 heavy (non-hydrogen) atoms. The lowest BCUT2D eigenvalue weighted by atomic mass is 10.1. The lowest BCUT2D eigenvalue weighted by molar-refractivity contribution is 0.372. The lowest BCUT2D eigenvalue weighted by Crippen LogP contribution is -2.05. The normalized spacial score (nSPS) is 10.3. The maximum absolute atomic E-state index is 5.87. The van der Waals surface area contributed by atoms with Gasteiger partial charge in [-0.05, 0) is 37.6 Å². The number of benzene rings is 1. The summed E-state index contributed by atoms with van der Waals surface area (Å²) in [5, 5.41) is 0. The number of para-hydroxylation sites is 2. The second-order valence-electron chi connectivity index (χ2n) is 4.32. The fourth-order valence-electron chi connectivity index (χ4n) is 1.97. The van der Waals surface area contributed by atoms with Crippen molar-refractivity contribution in [1.29, 1.82) is 0 Å². The average molecular weight is 258 g/mol. The van der Waals surface area contributed by atoms with E-state index in [2.05, 4.69) is 4.98 Å². The van der Waals surface area contributed by atoms with Gasteiger partial charge in [0.15, 0.2) is 11.5 Å². The van der Waals surface area contributed by atoms with Crippen LogP contribution in [0.3, 0.4) is 0 Å². The molecular formula is C15H18N2O2. The number of pyridine rings is 1. The number of hydrogen-bond donors (Lipinski definition) is 1. The minimum atomic E-state index is 0.392. The van der Waals surface area contributed by atoms with Gasteiger partial charge in [-0.2, -0.15) is 0 Å². The summed E-state index contributed by atoms with van der Waals surface area (Å²) >= 11 is 0. The topological polar surface area (TPSA) is 57.4 Å². The maximum Gasteiger partial charge on any atom is 0.224 e. The minimum Gasteiger partial charge on any atom is -0.493 e. The van der Waals surface area contributed by atoms with Gasteiger partial charge in [0.1, 0.15) is 0 Å². The Morgan fingerprint density at radius 1 is 1.16 bits per heavy atom. The van der Waals surface area contributed by atoms with Crippen LogP contribution in [0.2, 0.25) is 0 Å². The number of aromatic nitrogens is 1. The standard InChI is InChI=1S/C15H18N2O2/c1-10-8-11(2)17-15(12(10)9-16)19-14-7-5-4-6-13(14)18-3/h4-8H,9,16H2,1-3H3. The van der Waals surface area contributed by atoms with Crippen molar-refractivity contribution < 1.29 is 9.47 Å². The van der Waals surface area contributed by atoms with E-state index in [1.165, 1.54) is 0 Å². The highest BCUT2D eigenvalue weighted by Gasteiger charge is 2.12. The van der Waals surface area contributed by atoms with Crippen molar-refractivity contribution in [3.05, 3.63) is 47.2 Å². The van der Waals surface area contributed by atoms with Crippen LogP contribution in [0.15, 0.2) is 30.3 Å². The summed E-state index contributed by atoms with van der Waals surface area (Å²) in [6.45, 7) is 4.33. The van der Waals surface area contributed by atoms with Crippen LogP contribution in [-0.2, 0) is 6.54 Å². The van der Waals surface area contributed by atoms with Gasteiger partial charge < -0.3 is 15.2 Å². The van der Waals surface area contributed by atoms with E-state index in [-0.39, 0.29) is 0 Å². The molecule has 0 radical (unpaired) electrons. The Labute approximate surface area is 113 Å². The number of ether oxygens (including phenoxy) is 2. The third-order valence-electron chi connectivity index (χ3n) is 2.92. The zero-order chi connectivity index (χ0) is 13.8. The van der Waals surface area contributed by atoms with E-state index in [1.54, 1.807) is 7.11 Å². The van der Waals surface area contributed by atoms with Crippen molar-refractivity contribution >= 4 is 0 Å². The zero-order valence-electron chi connectivity index (χ0n) is 11.4. The first kappa shape index (κ1) is 13.4. The Morgan fingerprint density at radius 3 is 2.47 bits per heavy atom.